The van der Waals surface area contributed by atoms with E-state index >= 15 is 0 Å². The van der Waals surface area contributed by atoms with Crippen molar-refractivity contribution < 1.29 is 4.79 Å². The third kappa shape index (κ3) is 4.16. The Hall–Kier alpha value is -2.72. The van der Waals surface area contributed by atoms with E-state index < -0.39 is 0 Å². The molecule has 2 saturated carbocycles. The van der Waals surface area contributed by atoms with Crippen LogP contribution in [0.4, 0.5) is 10.9 Å². The fourth-order valence-electron chi connectivity index (χ4n) is 4.05. The second kappa shape index (κ2) is 8.32. The van der Waals surface area contributed by atoms with Crippen molar-refractivity contribution in [3.63, 3.8) is 0 Å². The number of amides is 1. The van der Waals surface area contributed by atoms with Crippen molar-refractivity contribution in [2.24, 2.45) is 5.92 Å². The van der Waals surface area contributed by atoms with Crippen LogP contribution in [0.15, 0.2) is 40.4 Å². The van der Waals surface area contributed by atoms with Gasteiger partial charge in [-0.25, -0.2) is 4.98 Å². The monoisotopic (exact) mass is 465 g/mol. The van der Waals surface area contributed by atoms with Gasteiger partial charge in [-0.1, -0.05) is 30.6 Å². The van der Waals surface area contributed by atoms with Crippen LogP contribution in [0.5, 0.6) is 0 Å². The Kier molecular flexibility index (Phi) is 5.18. The van der Waals surface area contributed by atoms with Crippen LogP contribution in [0, 0.1) is 5.92 Å². The van der Waals surface area contributed by atoms with Crippen LogP contribution in [0.3, 0.4) is 0 Å². The maximum absolute atomic E-state index is 12.0. The molecule has 2 aliphatic rings. The van der Waals surface area contributed by atoms with E-state index in [2.05, 4.69) is 31.9 Å². The van der Waals surface area contributed by atoms with Crippen LogP contribution in [-0.4, -0.2) is 36.7 Å². The van der Waals surface area contributed by atoms with Gasteiger partial charge in [0, 0.05) is 16.9 Å². The number of nitrogens with one attached hydrogen (secondary N) is 2. The Labute approximate surface area is 193 Å². The number of benzene rings is 1. The lowest BCUT2D eigenvalue weighted by atomic mass is 9.95. The first-order valence-electron chi connectivity index (χ1n) is 11.1. The molecule has 2 aliphatic carbocycles. The predicted molar refractivity (Wildman–Crippen MR) is 126 cm³/mol. The first-order valence-corrected chi connectivity index (χ1v) is 12.7. The molecule has 164 valence electrons. The highest BCUT2D eigenvalue weighted by atomic mass is 32.2. The van der Waals surface area contributed by atoms with Crippen molar-refractivity contribution in [2.75, 3.05) is 10.6 Å². The molecule has 8 nitrogen and oxygen atoms in total. The largest absolute Gasteiger partial charge is 0.366 e. The lowest BCUT2D eigenvalue weighted by molar-refractivity contribution is -0.117. The molecule has 10 heteroatoms. The van der Waals surface area contributed by atoms with Gasteiger partial charge in [-0.15, -0.1) is 15.3 Å². The van der Waals surface area contributed by atoms with Gasteiger partial charge in [-0.05, 0) is 67.8 Å². The Morgan fingerprint density at radius 2 is 1.94 bits per heavy atom. The fourth-order valence-corrected chi connectivity index (χ4v) is 5.85. The Bertz CT molecular complexity index is 1290. The summed E-state index contributed by atoms with van der Waals surface area (Å²) in [5.74, 6) is 1.11. The Morgan fingerprint density at radius 1 is 1.06 bits per heavy atom. The van der Waals surface area contributed by atoms with E-state index in [4.69, 9.17) is 5.10 Å². The summed E-state index contributed by atoms with van der Waals surface area (Å²) in [7, 11) is 0. The van der Waals surface area contributed by atoms with Crippen molar-refractivity contribution in [1.29, 1.82) is 0 Å². The maximum atomic E-state index is 12.0. The highest BCUT2D eigenvalue weighted by Crippen LogP contribution is 2.35. The van der Waals surface area contributed by atoms with Crippen molar-refractivity contribution in [3.05, 3.63) is 30.3 Å². The minimum Gasteiger partial charge on any atom is -0.366 e. The highest BCUT2D eigenvalue weighted by Gasteiger charge is 2.30. The van der Waals surface area contributed by atoms with E-state index in [-0.39, 0.29) is 11.8 Å². The smallest absolute Gasteiger partial charge is 0.229 e. The molecule has 2 fully saturated rings. The van der Waals surface area contributed by atoms with E-state index in [9.17, 15) is 4.79 Å². The van der Waals surface area contributed by atoms with E-state index in [0.29, 0.717) is 11.2 Å². The molecule has 3 aromatic heterocycles. The van der Waals surface area contributed by atoms with Crippen molar-refractivity contribution >= 4 is 55.8 Å². The number of carbonyl (C=O) groups excluding carboxylic acids is 1. The molecule has 0 radical (unpaired) electrons. The standard InChI is InChI=1S/C22H23N7OS2/c30-20(13-6-7-13)25-21-24-16-9-8-15(12-17(16)32-21)31-22-27-26-19-11-10-18(28-29(19)22)23-14-4-2-1-3-5-14/h8-14H,1-7H2,(H,23,28)(H,24,25,30). The zero-order valence-electron chi connectivity index (χ0n) is 17.5. The zero-order chi connectivity index (χ0) is 21.5. The summed E-state index contributed by atoms with van der Waals surface area (Å²) in [5, 5.41) is 21.3. The van der Waals surface area contributed by atoms with Gasteiger partial charge in [0.25, 0.3) is 0 Å². The number of fused-ring (bicyclic) bond motifs is 2. The summed E-state index contributed by atoms with van der Waals surface area (Å²) in [6, 6.07) is 10.5. The molecule has 0 unspecified atom stereocenters. The van der Waals surface area contributed by atoms with E-state index in [1.807, 2.05) is 24.3 Å². The van der Waals surface area contributed by atoms with Gasteiger partial charge in [0.15, 0.2) is 10.8 Å². The lowest BCUT2D eigenvalue weighted by Crippen LogP contribution is -2.23. The first kappa shape index (κ1) is 19.9. The third-order valence-electron chi connectivity index (χ3n) is 5.94. The normalized spacial score (nSPS) is 17.1. The molecule has 1 amide bonds. The number of hydrogen-bond acceptors (Lipinski definition) is 8. The predicted octanol–water partition coefficient (Wildman–Crippen LogP) is 4.98. The summed E-state index contributed by atoms with van der Waals surface area (Å²) in [5.41, 5.74) is 1.61. The second-order valence-electron chi connectivity index (χ2n) is 8.46. The zero-order valence-corrected chi connectivity index (χ0v) is 19.1. The molecule has 3 heterocycles. The third-order valence-corrected chi connectivity index (χ3v) is 7.80. The molecular weight excluding hydrogens is 442 g/mol. The molecule has 32 heavy (non-hydrogen) atoms. The number of nitrogens with zero attached hydrogens (tertiary/aromatic N) is 5. The highest BCUT2D eigenvalue weighted by molar-refractivity contribution is 7.99. The summed E-state index contributed by atoms with van der Waals surface area (Å²) >= 11 is 3.02. The quantitative estimate of drug-likeness (QED) is 0.414. The van der Waals surface area contributed by atoms with Crippen LogP contribution < -0.4 is 10.6 Å². The summed E-state index contributed by atoms with van der Waals surface area (Å²) < 4.78 is 2.83. The van der Waals surface area contributed by atoms with E-state index in [0.717, 1.165) is 44.6 Å². The number of thiazole rings is 1. The van der Waals surface area contributed by atoms with Crippen molar-refractivity contribution in [2.45, 2.75) is 61.0 Å². The molecular formula is C22H23N7OS2. The molecule has 6 rings (SSSR count). The fraction of sp³-hybridized carbons (Fsp3) is 0.409. The van der Waals surface area contributed by atoms with Gasteiger partial charge < -0.3 is 10.6 Å². The van der Waals surface area contributed by atoms with Gasteiger partial charge in [0.05, 0.1) is 10.2 Å². The molecule has 0 atom stereocenters. The Balaban J connectivity index is 1.22. The molecule has 2 N–H and O–H groups in total. The van der Waals surface area contributed by atoms with Crippen LogP contribution in [0.1, 0.15) is 44.9 Å². The average molecular weight is 466 g/mol. The molecule has 0 saturated heterocycles. The minimum absolute atomic E-state index is 0.0808. The first-order chi connectivity index (χ1) is 15.7. The van der Waals surface area contributed by atoms with Crippen LogP contribution in [0.25, 0.3) is 15.9 Å². The molecule has 1 aromatic carbocycles. The van der Waals surface area contributed by atoms with E-state index in [1.165, 1.54) is 55.2 Å². The molecule has 0 bridgehead atoms. The maximum Gasteiger partial charge on any atom is 0.229 e. The second-order valence-corrected chi connectivity index (χ2v) is 10.5. The van der Waals surface area contributed by atoms with Gasteiger partial charge in [-0.2, -0.15) is 4.52 Å². The molecule has 0 aliphatic heterocycles. The number of anilines is 2. The minimum atomic E-state index is 0.0808. The number of rotatable bonds is 6. The van der Waals surface area contributed by atoms with Crippen molar-refractivity contribution in [3.8, 4) is 0 Å². The average Bonchev–Trinajstić information content (AvgIpc) is 3.48. The van der Waals surface area contributed by atoms with Crippen LogP contribution in [0.2, 0.25) is 0 Å². The topological polar surface area (TPSA) is 97.1 Å². The SMILES string of the molecule is O=C(Nc1nc2ccc(Sc3nnc4ccc(NC5CCCCC5)nn34)cc2s1)C1CC1. The number of hydrogen-bond donors (Lipinski definition) is 2. The van der Waals surface area contributed by atoms with Crippen molar-refractivity contribution in [1.82, 2.24) is 24.8 Å². The number of aromatic nitrogens is 5. The van der Waals surface area contributed by atoms with Gasteiger partial charge in [0.1, 0.15) is 5.82 Å². The Morgan fingerprint density at radius 3 is 2.78 bits per heavy atom. The van der Waals surface area contributed by atoms with E-state index in [1.54, 1.807) is 4.52 Å². The summed E-state index contributed by atoms with van der Waals surface area (Å²) in [6.07, 6.45) is 8.24. The van der Waals surface area contributed by atoms with Gasteiger partial charge in [-0.3, -0.25) is 4.79 Å². The molecule has 4 aromatic rings. The van der Waals surface area contributed by atoms with Crippen LogP contribution >= 0.6 is 23.1 Å². The summed E-state index contributed by atoms with van der Waals surface area (Å²) in [4.78, 5) is 17.6. The number of carbonyl (C=O) groups is 1. The lowest BCUT2D eigenvalue weighted by Gasteiger charge is -2.23. The van der Waals surface area contributed by atoms with Gasteiger partial charge in [0.2, 0.25) is 11.1 Å². The van der Waals surface area contributed by atoms with Crippen LogP contribution in [-0.2, 0) is 4.79 Å². The molecule has 0 spiro atoms. The summed E-state index contributed by atoms with van der Waals surface area (Å²) in [6.45, 7) is 0. The van der Waals surface area contributed by atoms with Gasteiger partial charge >= 0.3 is 0 Å².